The van der Waals surface area contributed by atoms with Crippen LogP contribution in [-0.2, 0) is 4.74 Å². The molecule has 2 bridgehead atoms. The van der Waals surface area contributed by atoms with Crippen molar-refractivity contribution >= 4 is 18.5 Å². The van der Waals surface area contributed by atoms with Crippen LogP contribution in [0.2, 0.25) is 0 Å². The van der Waals surface area contributed by atoms with Gasteiger partial charge in [0.15, 0.2) is 0 Å². The van der Waals surface area contributed by atoms with Crippen molar-refractivity contribution < 1.29 is 9.53 Å². The number of aryl methyl sites for hydroxylation is 1. The molecule has 0 N–H and O–H groups in total. The molecule has 0 aromatic heterocycles. The molecule has 2 fully saturated rings. The van der Waals surface area contributed by atoms with Gasteiger partial charge < -0.3 is 9.64 Å². The summed E-state index contributed by atoms with van der Waals surface area (Å²) in [4.78, 5) is 15.3. The lowest BCUT2D eigenvalue weighted by Crippen LogP contribution is -2.46. The number of likely N-dealkylation sites (tertiary alicyclic amines) is 1. The number of amides is 1. The summed E-state index contributed by atoms with van der Waals surface area (Å²) >= 11 is 4.31. The third kappa shape index (κ3) is 2.15. The van der Waals surface area contributed by atoms with E-state index in [2.05, 4.69) is 12.6 Å². The highest BCUT2D eigenvalue weighted by molar-refractivity contribution is 7.80. The third-order valence-electron chi connectivity index (χ3n) is 3.78. The summed E-state index contributed by atoms with van der Waals surface area (Å²) in [6.45, 7) is 3.42. The molecule has 18 heavy (non-hydrogen) atoms. The van der Waals surface area contributed by atoms with Gasteiger partial charge in [-0.2, -0.15) is 0 Å². The second kappa shape index (κ2) is 4.59. The van der Waals surface area contributed by atoms with Crippen LogP contribution in [0.1, 0.15) is 28.8 Å². The standard InChI is InChI=1S/C14H17NO2S/c1-9-2-5-12(18)6-13(9)14(16)15-7-10-3-4-11(8-15)17-10/h2,5-6,10-11,18H,3-4,7-8H2,1H3. The first-order valence-electron chi connectivity index (χ1n) is 6.38. The topological polar surface area (TPSA) is 29.5 Å². The quantitative estimate of drug-likeness (QED) is 0.788. The maximum Gasteiger partial charge on any atom is 0.254 e. The van der Waals surface area contributed by atoms with Gasteiger partial charge >= 0.3 is 0 Å². The minimum Gasteiger partial charge on any atom is -0.371 e. The molecular weight excluding hydrogens is 246 g/mol. The van der Waals surface area contributed by atoms with E-state index in [0.717, 1.165) is 42.0 Å². The van der Waals surface area contributed by atoms with Gasteiger partial charge in [-0.05, 0) is 37.5 Å². The SMILES string of the molecule is Cc1ccc(S)cc1C(=O)N1CC2CCC(C1)O2. The average Bonchev–Trinajstić information content (AvgIpc) is 2.70. The zero-order valence-corrected chi connectivity index (χ0v) is 11.3. The van der Waals surface area contributed by atoms with Crippen LogP contribution in [0.5, 0.6) is 0 Å². The largest absolute Gasteiger partial charge is 0.371 e. The molecule has 2 aliphatic heterocycles. The summed E-state index contributed by atoms with van der Waals surface area (Å²) in [6, 6.07) is 5.72. The van der Waals surface area contributed by atoms with E-state index in [1.807, 2.05) is 30.0 Å². The van der Waals surface area contributed by atoms with Crippen LogP contribution >= 0.6 is 12.6 Å². The Labute approximate surface area is 113 Å². The van der Waals surface area contributed by atoms with Crippen molar-refractivity contribution in [1.29, 1.82) is 0 Å². The number of carbonyl (C=O) groups excluding carboxylic acids is 1. The molecular formula is C14H17NO2S. The minimum atomic E-state index is 0.114. The molecule has 2 atom stereocenters. The van der Waals surface area contributed by atoms with Crippen molar-refractivity contribution in [3.8, 4) is 0 Å². The summed E-state index contributed by atoms with van der Waals surface area (Å²) in [5.74, 6) is 0.114. The van der Waals surface area contributed by atoms with Crippen LogP contribution in [0.25, 0.3) is 0 Å². The van der Waals surface area contributed by atoms with E-state index in [1.54, 1.807) is 0 Å². The molecule has 2 unspecified atom stereocenters. The smallest absolute Gasteiger partial charge is 0.254 e. The Morgan fingerprint density at radius 3 is 2.67 bits per heavy atom. The highest BCUT2D eigenvalue weighted by Gasteiger charge is 2.36. The molecule has 2 aliphatic rings. The summed E-state index contributed by atoms with van der Waals surface area (Å²) in [5.41, 5.74) is 1.78. The Morgan fingerprint density at radius 2 is 2.00 bits per heavy atom. The van der Waals surface area contributed by atoms with E-state index in [1.165, 1.54) is 0 Å². The fourth-order valence-electron chi connectivity index (χ4n) is 2.79. The molecule has 3 rings (SSSR count). The van der Waals surface area contributed by atoms with Gasteiger partial charge in [0.2, 0.25) is 0 Å². The molecule has 96 valence electrons. The average molecular weight is 263 g/mol. The zero-order valence-electron chi connectivity index (χ0n) is 10.4. The number of nitrogens with zero attached hydrogens (tertiary/aromatic N) is 1. The number of hydrogen-bond acceptors (Lipinski definition) is 3. The Hall–Kier alpha value is -1.00. The van der Waals surface area contributed by atoms with Crippen molar-refractivity contribution in [1.82, 2.24) is 4.90 Å². The maximum atomic E-state index is 12.5. The van der Waals surface area contributed by atoms with E-state index in [-0.39, 0.29) is 18.1 Å². The molecule has 4 heteroatoms. The van der Waals surface area contributed by atoms with E-state index < -0.39 is 0 Å². The second-order valence-corrected chi connectivity index (χ2v) is 5.68. The Bertz CT molecular complexity index is 477. The number of thiol groups is 1. The van der Waals surface area contributed by atoms with Crippen LogP contribution in [-0.4, -0.2) is 36.1 Å². The van der Waals surface area contributed by atoms with Gasteiger partial charge in [0.05, 0.1) is 12.2 Å². The van der Waals surface area contributed by atoms with Crippen LogP contribution in [0.4, 0.5) is 0 Å². The van der Waals surface area contributed by atoms with Gasteiger partial charge in [-0.1, -0.05) is 6.07 Å². The van der Waals surface area contributed by atoms with Gasteiger partial charge in [0, 0.05) is 23.5 Å². The molecule has 0 radical (unpaired) electrons. The van der Waals surface area contributed by atoms with Crippen molar-refractivity contribution in [2.24, 2.45) is 0 Å². The molecule has 1 aromatic rings. The first-order valence-corrected chi connectivity index (χ1v) is 6.82. The van der Waals surface area contributed by atoms with E-state index in [9.17, 15) is 4.79 Å². The van der Waals surface area contributed by atoms with Crippen LogP contribution in [0.3, 0.4) is 0 Å². The molecule has 1 amide bonds. The number of benzene rings is 1. The predicted molar refractivity (Wildman–Crippen MR) is 72.2 cm³/mol. The Kier molecular flexibility index (Phi) is 3.08. The third-order valence-corrected chi connectivity index (χ3v) is 4.06. The predicted octanol–water partition coefficient (Wildman–Crippen LogP) is 2.29. The second-order valence-electron chi connectivity index (χ2n) is 5.17. The van der Waals surface area contributed by atoms with Crippen molar-refractivity contribution in [2.75, 3.05) is 13.1 Å². The van der Waals surface area contributed by atoms with Crippen molar-refractivity contribution in [3.63, 3.8) is 0 Å². The van der Waals surface area contributed by atoms with Crippen molar-refractivity contribution in [3.05, 3.63) is 29.3 Å². The number of hydrogen-bond donors (Lipinski definition) is 1. The van der Waals surface area contributed by atoms with Gasteiger partial charge in [0.1, 0.15) is 0 Å². The first kappa shape index (κ1) is 12.1. The first-order chi connectivity index (χ1) is 8.63. The van der Waals surface area contributed by atoms with Gasteiger partial charge in [0.25, 0.3) is 5.91 Å². The highest BCUT2D eigenvalue weighted by Crippen LogP contribution is 2.27. The van der Waals surface area contributed by atoms with Gasteiger partial charge in [-0.3, -0.25) is 4.79 Å². The zero-order chi connectivity index (χ0) is 12.7. The lowest BCUT2D eigenvalue weighted by atomic mass is 10.1. The molecule has 3 nitrogen and oxygen atoms in total. The van der Waals surface area contributed by atoms with Gasteiger partial charge in [-0.15, -0.1) is 12.6 Å². The Morgan fingerprint density at radius 1 is 1.33 bits per heavy atom. The number of carbonyl (C=O) groups is 1. The number of fused-ring (bicyclic) bond motifs is 2. The number of rotatable bonds is 1. The van der Waals surface area contributed by atoms with E-state index in [4.69, 9.17) is 4.74 Å². The number of ether oxygens (including phenoxy) is 1. The molecule has 0 spiro atoms. The lowest BCUT2D eigenvalue weighted by Gasteiger charge is -2.32. The van der Waals surface area contributed by atoms with Gasteiger partial charge in [-0.25, -0.2) is 0 Å². The fourth-order valence-corrected chi connectivity index (χ4v) is 3.00. The number of morpholine rings is 1. The fraction of sp³-hybridized carbons (Fsp3) is 0.500. The molecule has 2 heterocycles. The molecule has 0 aliphatic carbocycles. The van der Waals surface area contributed by atoms with Crippen LogP contribution in [0.15, 0.2) is 23.1 Å². The van der Waals surface area contributed by atoms with Crippen LogP contribution in [0, 0.1) is 6.92 Å². The summed E-state index contributed by atoms with van der Waals surface area (Å²) < 4.78 is 5.76. The minimum absolute atomic E-state index is 0.114. The van der Waals surface area contributed by atoms with E-state index in [0.29, 0.717) is 0 Å². The summed E-state index contributed by atoms with van der Waals surface area (Å²) in [7, 11) is 0. The van der Waals surface area contributed by atoms with E-state index >= 15 is 0 Å². The molecule has 1 aromatic carbocycles. The lowest BCUT2D eigenvalue weighted by molar-refractivity contribution is -0.0303. The Balaban J connectivity index is 1.84. The van der Waals surface area contributed by atoms with Crippen molar-refractivity contribution in [2.45, 2.75) is 36.9 Å². The molecule has 2 saturated heterocycles. The highest BCUT2D eigenvalue weighted by atomic mass is 32.1. The summed E-state index contributed by atoms with van der Waals surface area (Å²) in [6.07, 6.45) is 2.65. The monoisotopic (exact) mass is 263 g/mol. The normalized spacial score (nSPS) is 26.4. The molecule has 0 saturated carbocycles. The van der Waals surface area contributed by atoms with Crippen LogP contribution < -0.4 is 0 Å². The maximum absolute atomic E-state index is 12.5. The summed E-state index contributed by atoms with van der Waals surface area (Å²) in [5, 5.41) is 0.